The van der Waals surface area contributed by atoms with E-state index in [1.165, 1.54) is 0 Å². The van der Waals surface area contributed by atoms with Gasteiger partial charge in [-0.25, -0.2) is 19.8 Å². The van der Waals surface area contributed by atoms with Gasteiger partial charge in [-0.3, -0.25) is 0 Å². The molecule has 12 heavy (non-hydrogen) atoms. The van der Waals surface area contributed by atoms with E-state index in [0.29, 0.717) is 15.9 Å². The first-order chi connectivity index (χ1) is 5.40. The topological polar surface area (TPSA) is 70.7 Å². The number of aromatic amines is 2. The fourth-order valence-electron chi connectivity index (χ4n) is 0.487. The van der Waals surface area contributed by atoms with Crippen molar-refractivity contribution in [2.24, 2.45) is 0 Å². The van der Waals surface area contributed by atoms with Crippen LogP contribution in [0.4, 0.5) is 0 Å². The van der Waals surface area contributed by atoms with Crippen molar-refractivity contribution in [3.05, 3.63) is 21.0 Å². The van der Waals surface area contributed by atoms with Crippen molar-refractivity contribution in [1.82, 2.24) is 14.2 Å². The Bertz CT molecular complexity index is 346. The molecule has 0 amide bonds. The van der Waals surface area contributed by atoms with E-state index in [1.807, 2.05) is 10.2 Å². The Hall–Kier alpha value is -0.0400. The van der Waals surface area contributed by atoms with Gasteiger partial charge >= 0.3 is 11.4 Å². The van der Waals surface area contributed by atoms with Gasteiger partial charge in [-0.1, -0.05) is 34.8 Å². The third kappa shape index (κ3) is 2.48. The molecule has 0 bridgehead atoms. The molecule has 0 aromatic carbocycles. The molecule has 0 fully saturated rings. The molecule has 0 unspecified atom stereocenters. The third-order valence-electron chi connectivity index (χ3n) is 0.840. The second-order valence-corrected chi connectivity index (χ2v) is 5.81. The Labute approximate surface area is 85.1 Å². The molecule has 5 nitrogen and oxygen atoms in total. The van der Waals surface area contributed by atoms with Crippen LogP contribution in [-0.4, -0.2) is 17.3 Å². The normalized spacial score (nSPS) is 11.9. The molecule has 1 aromatic heterocycles. The molecule has 9 heteroatoms. The minimum absolute atomic E-state index is 0.486. The van der Waals surface area contributed by atoms with Crippen molar-refractivity contribution >= 4 is 46.8 Å². The highest BCUT2D eigenvalue weighted by Crippen LogP contribution is 2.37. The second-order valence-electron chi connectivity index (χ2n) is 1.69. The third-order valence-corrected chi connectivity index (χ3v) is 2.18. The second kappa shape index (κ2) is 3.37. The van der Waals surface area contributed by atoms with Crippen LogP contribution < -0.4 is 11.4 Å². The van der Waals surface area contributed by atoms with Crippen molar-refractivity contribution in [3.8, 4) is 0 Å². The van der Waals surface area contributed by atoms with Crippen molar-refractivity contribution in [2.45, 2.75) is 3.12 Å². The standard InChI is InChI=1S/C3H2Cl3N3O2S/c4-3(5,6)12-9-1(10)7-8-2(9)11/h(H,7,10)(H,8,11). The minimum atomic E-state index is -1.74. The van der Waals surface area contributed by atoms with E-state index in [4.69, 9.17) is 34.8 Å². The average Bonchev–Trinajstić information content (AvgIpc) is 2.16. The summed E-state index contributed by atoms with van der Waals surface area (Å²) < 4.78 is -1.06. The molecule has 0 aliphatic rings. The maximum atomic E-state index is 10.8. The SMILES string of the molecule is O=c1[nH][nH]c(=O)n1SC(Cl)(Cl)Cl. The lowest BCUT2D eigenvalue weighted by Gasteiger charge is -2.06. The van der Waals surface area contributed by atoms with Gasteiger partial charge in [0.15, 0.2) is 0 Å². The molecule has 0 saturated carbocycles. The first-order valence-corrected chi connectivity index (χ1v) is 4.47. The summed E-state index contributed by atoms with van der Waals surface area (Å²) in [7, 11) is 0. The van der Waals surface area contributed by atoms with Crippen LogP contribution in [-0.2, 0) is 0 Å². The number of alkyl halides is 3. The molecule has 0 spiro atoms. The molecule has 1 aromatic rings. The number of halogens is 3. The van der Waals surface area contributed by atoms with Crippen molar-refractivity contribution in [3.63, 3.8) is 0 Å². The average molecular weight is 250 g/mol. The van der Waals surface area contributed by atoms with E-state index in [0.717, 1.165) is 0 Å². The van der Waals surface area contributed by atoms with E-state index in [1.54, 1.807) is 0 Å². The Morgan fingerprint density at radius 1 is 1.17 bits per heavy atom. The highest BCUT2D eigenvalue weighted by Gasteiger charge is 2.24. The highest BCUT2D eigenvalue weighted by molar-refractivity contribution is 8.03. The largest absolute Gasteiger partial charge is 0.354 e. The summed E-state index contributed by atoms with van der Waals surface area (Å²) in [6, 6.07) is 0. The van der Waals surface area contributed by atoms with Crippen LogP contribution in [0.5, 0.6) is 0 Å². The van der Waals surface area contributed by atoms with Crippen molar-refractivity contribution < 1.29 is 0 Å². The lowest BCUT2D eigenvalue weighted by Crippen LogP contribution is -2.23. The van der Waals surface area contributed by atoms with Crippen LogP contribution in [0, 0.1) is 0 Å². The molecule has 0 aliphatic carbocycles. The predicted octanol–water partition coefficient (Wildman–Crippen LogP) is 0.689. The highest BCUT2D eigenvalue weighted by atomic mass is 35.6. The smallest absolute Gasteiger partial charge is 0.246 e. The van der Waals surface area contributed by atoms with Crippen LogP contribution >= 0.6 is 46.8 Å². The van der Waals surface area contributed by atoms with Crippen molar-refractivity contribution in [2.75, 3.05) is 0 Å². The van der Waals surface area contributed by atoms with E-state index in [-0.39, 0.29) is 0 Å². The number of rotatable bonds is 1. The Kier molecular flexibility index (Phi) is 2.82. The molecule has 0 aliphatic heterocycles. The number of nitrogens with zero attached hydrogens (tertiary/aromatic N) is 1. The lowest BCUT2D eigenvalue weighted by atomic mass is 11.2. The van der Waals surface area contributed by atoms with Gasteiger partial charge in [0.1, 0.15) is 0 Å². The zero-order valence-electron chi connectivity index (χ0n) is 5.31. The van der Waals surface area contributed by atoms with Gasteiger partial charge < -0.3 is 0 Å². The zero-order valence-corrected chi connectivity index (χ0v) is 8.39. The van der Waals surface area contributed by atoms with E-state index >= 15 is 0 Å². The molecule has 68 valence electrons. The fraction of sp³-hybridized carbons (Fsp3) is 0.333. The summed E-state index contributed by atoms with van der Waals surface area (Å²) in [6.45, 7) is 0. The van der Waals surface area contributed by atoms with Gasteiger partial charge in [0, 0.05) is 11.9 Å². The van der Waals surface area contributed by atoms with Crippen LogP contribution in [0.25, 0.3) is 0 Å². The number of aromatic nitrogens is 3. The molecular formula is C3H2Cl3N3O2S. The number of H-pyrrole nitrogens is 2. The molecule has 0 atom stereocenters. The summed E-state index contributed by atoms with van der Waals surface area (Å²) in [6.07, 6.45) is 0. The van der Waals surface area contributed by atoms with E-state index in [2.05, 4.69) is 0 Å². The van der Waals surface area contributed by atoms with Gasteiger partial charge in [-0.15, -0.1) is 0 Å². The maximum Gasteiger partial charge on any atom is 0.354 e. The van der Waals surface area contributed by atoms with Gasteiger partial charge in [0.05, 0.1) is 0 Å². The van der Waals surface area contributed by atoms with Gasteiger partial charge in [0.2, 0.25) is 0 Å². The number of nitrogens with one attached hydrogen (secondary N) is 2. The first kappa shape index (κ1) is 10.0. The summed E-state index contributed by atoms with van der Waals surface area (Å²) in [5, 5.41) is 4.07. The summed E-state index contributed by atoms with van der Waals surface area (Å²) in [4.78, 5) is 21.6. The quantitative estimate of drug-likeness (QED) is 0.721. The molecule has 2 N–H and O–H groups in total. The van der Waals surface area contributed by atoms with Gasteiger partial charge in [0.25, 0.3) is 3.12 Å². The van der Waals surface area contributed by atoms with E-state index < -0.39 is 14.5 Å². The molecule has 0 radical (unpaired) electrons. The van der Waals surface area contributed by atoms with E-state index in [9.17, 15) is 9.59 Å². The molecule has 0 saturated heterocycles. The van der Waals surface area contributed by atoms with Crippen molar-refractivity contribution in [1.29, 1.82) is 0 Å². The summed E-state index contributed by atoms with van der Waals surface area (Å²) >= 11 is 16.5. The summed E-state index contributed by atoms with van der Waals surface area (Å²) in [5.41, 5.74) is -1.34. The molecule has 1 heterocycles. The Morgan fingerprint density at radius 2 is 1.58 bits per heavy atom. The minimum Gasteiger partial charge on any atom is -0.246 e. The maximum absolute atomic E-state index is 10.8. The Morgan fingerprint density at radius 3 is 1.92 bits per heavy atom. The number of hydrogen-bond acceptors (Lipinski definition) is 3. The zero-order chi connectivity index (χ0) is 9.35. The number of hydrogen-bond donors (Lipinski definition) is 2. The fourth-order valence-corrected chi connectivity index (χ4v) is 1.57. The van der Waals surface area contributed by atoms with Crippen LogP contribution in [0.1, 0.15) is 0 Å². The summed E-state index contributed by atoms with van der Waals surface area (Å²) in [5.74, 6) is 0. The lowest BCUT2D eigenvalue weighted by molar-refractivity contribution is 1.03. The molecular weight excluding hydrogens is 248 g/mol. The van der Waals surface area contributed by atoms with Gasteiger partial charge in [-0.05, 0) is 0 Å². The predicted molar refractivity (Wildman–Crippen MR) is 49.0 cm³/mol. The van der Waals surface area contributed by atoms with Crippen LogP contribution in [0.2, 0.25) is 0 Å². The first-order valence-electron chi connectivity index (χ1n) is 2.56. The monoisotopic (exact) mass is 249 g/mol. The van der Waals surface area contributed by atoms with Crippen LogP contribution in [0.15, 0.2) is 9.59 Å². The van der Waals surface area contributed by atoms with Gasteiger partial charge in [-0.2, -0.15) is 3.97 Å². The molecule has 1 rings (SSSR count). The Balaban J connectivity index is 3.05. The van der Waals surface area contributed by atoms with Crippen LogP contribution in [0.3, 0.4) is 0 Å².